The van der Waals surface area contributed by atoms with E-state index in [0.717, 1.165) is 5.56 Å². The van der Waals surface area contributed by atoms with Gasteiger partial charge in [-0.25, -0.2) is 0 Å². The molecular weight excluding hydrogens is 216 g/mol. The van der Waals surface area contributed by atoms with Crippen LogP contribution in [-0.2, 0) is 14.0 Å². The first-order valence-electron chi connectivity index (χ1n) is 4.23. The van der Waals surface area contributed by atoms with Crippen molar-refractivity contribution in [1.29, 1.82) is 0 Å². The van der Waals surface area contributed by atoms with Gasteiger partial charge in [0.05, 0.1) is 4.90 Å². The Hall–Kier alpha value is -0.653. The van der Waals surface area contributed by atoms with E-state index in [4.69, 9.17) is 3.87 Å². The highest BCUT2D eigenvalue weighted by Crippen LogP contribution is 2.13. The van der Waals surface area contributed by atoms with Crippen LogP contribution >= 0.6 is 0 Å². The van der Waals surface area contributed by atoms with Crippen molar-refractivity contribution in [1.82, 2.24) is 0 Å². The van der Waals surface area contributed by atoms with Gasteiger partial charge in [-0.15, -0.1) is 0 Å². The first-order valence-corrected chi connectivity index (χ1v) is 8.05. The second-order valence-corrected chi connectivity index (χ2v) is 7.12. The van der Waals surface area contributed by atoms with Gasteiger partial charge in [0.15, 0.2) is 0 Å². The zero-order chi connectivity index (χ0) is 10.8. The summed E-state index contributed by atoms with van der Waals surface area (Å²) in [4.78, 5) is 0.231. The fourth-order valence-corrected chi connectivity index (χ4v) is 3.58. The lowest BCUT2D eigenvalue weighted by Gasteiger charge is -2.07. The summed E-state index contributed by atoms with van der Waals surface area (Å²) in [6.07, 6.45) is 0. The van der Waals surface area contributed by atoms with Crippen LogP contribution in [-0.4, -0.2) is 17.5 Å². The van der Waals surface area contributed by atoms with E-state index in [1.165, 1.54) is 0 Å². The van der Waals surface area contributed by atoms with Crippen molar-refractivity contribution in [3.05, 3.63) is 29.8 Å². The van der Waals surface area contributed by atoms with E-state index in [-0.39, 0.29) is 4.90 Å². The second-order valence-electron chi connectivity index (χ2n) is 3.26. The first-order chi connectivity index (χ1) is 6.42. The maximum absolute atomic E-state index is 11.6. The molecule has 0 saturated carbocycles. The van der Waals surface area contributed by atoms with Crippen molar-refractivity contribution in [3.63, 3.8) is 0 Å². The van der Waals surface area contributed by atoms with Gasteiger partial charge in [0, 0.05) is 0 Å². The van der Waals surface area contributed by atoms with Gasteiger partial charge in [0.2, 0.25) is 9.04 Å². The highest BCUT2D eigenvalue weighted by atomic mass is 32.2. The van der Waals surface area contributed by atoms with Gasteiger partial charge < -0.3 is 3.87 Å². The first kappa shape index (κ1) is 11.4. The van der Waals surface area contributed by atoms with Crippen LogP contribution in [0.4, 0.5) is 0 Å². The predicted molar refractivity (Wildman–Crippen MR) is 56.9 cm³/mol. The molecule has 0 unspecified atom stereocenters. The highest BCUT2D eigenvalue weighted by molar-refractivity contribution is 7.87. The van der Waals surface area contributed by atoms with Gasteiger partial charge in [-0.3, -0.25) is 0 Å². The van der Waals surface area contributed by atoms with E-state index in [9.17, 15) is 8.42 Å². The van der Waals surface area contributed by atoms with Crippen LogP contribution in [0.1, 0.15) is 5.56 Å². The average molecular weight is 229 g/mol. The lowest BCUT2D eigenvalue weighted by molar-refractivity contribution is 0.495. The van der Waals surface area contributed by atoms with E-state index in [1.54, 1.807) is 37.4 Å². The summed E-state index contributed by atoms with van der Waals surface area (Å²) in [6.45, 7) is 5.49. The van der Waals surface area contributed by atoms with Gasteiger partial charge >= 0.3 is 0 Å². The van der Waals surface area contributed by atoms with Crippen molar-refractivity contribution in [2.75, 3.05) is 0 Å². The molecule has 1 aromatic carbocycles. The molecule has 1 rings (SSSR count). The third kappa shape index (κ3) is 2.93. The minimum atomic E-state index is -3.53. The Morgan fingerprint density at radius 1 is 1.14 bits per heavy atom. The topological polar surface area (TPSA) is 43.4 Å². The Labute approximate surface area is 86.6 Å². The van der Waals surface area contributed by atoms with Crippen molar-refractivity contribution in [2.24, 2.45) is 0 Å². The third-order valence-electron chi connectivity index (χ3n) is 1.59. The van der Waals surface area contributed by atoms with Crippen molar-refractivity contribution < 1.29 is 12.3 Å². The second kappa shape index (κ2) is 4.25. The number of hydrogen-bond donors (Lipinski definition) is 0. The molecule has 0 bridgehead atoms. The minimum Gasteiger partial charge on any atom is -0.312 e. The van der Waals surface area contributed by atoms with Crippen LogP contribution in [0.25, 0.3) is 0 Å². The Bertz CT molecular complexity index is 395. The molecule has 0 amide bonds. The number of aryl methyl sites for hydroxylation is 1. The maximum Gasteiger partial charge on any atom is 0.287 e. The molecule has 0 aliphatic carbocycles. The highest BCUT2D eigenvalue weighted by Gasteiger charge is 2.16. The van der Waals surface area contributed by atoms with Crippen molar-refractivity contribution >= 4 is 19.2 Å². The summed E-state index contributed by atoms with van der Waals surface area (Å²) in [6, 6.07) is 6.65. The average Bonchev–Trinajstić information content (AvgIpc) is 2.02. The number of rotatable bonds is 3. The maximum atomic E-state index is 11.6. The molecule has 1 radical (unpaired) electrons. The summed E-state index contributed by atoms with van der Waals surface area (Å²) in [5.41, 5.74) is 1.03. The Kier molecular flexibility index (Phi) is 3.46. The summed E-state index contributed by atoms with van der Waals surface area (Å²) in [5, 5.41) is 0. The summed E-state index contributed by atoms with van der Waals surface area (Å²) in [5.74, 6) is 0. The Balaban J connectivity index is 2.99. The fraction of sp³-hybridized carbons (Fsp3) is 0.333. The Morgan fingerprint density at radius 2 is 1.64 bits per heavy atom. The zero-order valence-corrected chi connectivity index (χ0v) is 10.3. The van der Waals surface area contributed by atoms with Crippen LogP contribution in [0.5, 0.6) is 0 Å². The molecule has 14 heavy (non-hydrogen) atoms. The van der Waals surface area contributed by atoms with Crippen LogP contribution in [0, 0.1) is 6.92 Å². The zero-order valence-electron chi connectivity index (χ0n) is 8.44. The van der Waals surface area contributed by atoms with Crippen molar-refractivity contribution in [3.8, 4) is 0 Å². The standard InChI is InChI=1S/C9H13O3SSi/c1-8-4-6-9(7-5-8)13(10,11)12-14(2)3/h4-7H,1-3H3. The van der Waals surface area contributed by atoms with Gasteiger partial charge in [-0.05, 0) is 32.2 Å². The molecular formula is C9H13O3SSi. The molecule has 0 aliphatic rings. The number of benzene rings is 1. The van der Waals surface area contributed by atoms with E-state index >= 15 is 0 Å². The molecule has 0 atom stereocenters. The summed E-state index contributed by atoms with van der Waals surface area (Å²) in [7, 11) is -4.77. The van der Waals surface area contributed by atoms with Crippen LogP contribution < -0.4 is 0 Å². The quantitative estimate of drug-likeness (QED) is 0.744. The molecule has 1 aromatic rings. The largest absolute Gasteiger partial charge is 0.312 e. The normalized spacial score (nSPS) is 12.0. The molecule has 0 fully saturated rings. The van der Waals surface area contributed by atoms with E-state index < -0.39 is 19.2 Å². The van der Waals surface area contributed by atoms with Crippen LogP contribution in [0.15, 0.2) is 29.2 Å². The SMILES string of the molecule is Cc1ccc(S(=O)(=O)O[Si](C)C)cc1. The molecule has 3 nitrogen and oxygen atoms in total. The van der Waals surface area contributed by atoms with Gasteiger partial charge in [-0.1, -0.05) is 17.7 Å². The van der Waals surface area contributed by atoms with Gasteiger partial charge in [-0.2, -0.15) is 8.42 Å². The summed E-state index contributed by atoms with van der Waals surface area (Å²) < 4.78 is 28.1. The lowest BCUT2D eigenvalue weighted by Crippen LogP contribution is -2.15. The van der Waals surface area contributed by atoms with Crippen LogP contribution in [0.3, 0.4) is 0 Å². The van der Waals surface area contributed by atoms with Crippen molar-refractivity contribution in [2.45, 2.75) is 24.9 Å². The summed E-state index contributed by atoms with van der Waals surface area (Å²) >= 11 is 0. The third-order valence-corrected chi connectivity index (χ3v) is 4.65. The molecule has 0 saturated heterocycles. The van der Waals surface area contributed by atoms with Gasteiger partial charge in [0.25, 0.3) is 10.1 Å². The molecule has 0 N–H and O–H groups in total. The van der Waals surface area contributed by atoms with E-state index in [1.807, 2.05) is 6.92 Å². The molecule has 0 aliphatic heterocycles. The fourth-order valence-electron chi connectivity index (χ4n) is 0.972. The molecule has 5 heteroatoms. The van der Waals surface area contributed by atoms with Gasteiger partial charge in [0.1, 0.15) is 0 Å². The minimum absolute atomic E-state index is 0.231. The van der Waals surface area contributed by atoms with E-state index in [0.29, 0.717) is 0 Å². The van der Waals surface area contributed by atoms with E-state index in [2.05, 4.69) is 0 Å². The van der Waals surface area contributed by atoms with Crippen LogP contribution in [0.2, 0.25) is 13.1 Å². The molecule has 77 valence electrons. The number of hydrogen-bond acceptors (Lipinski definition) is 3. The molecule has 0 aromatic heterocycles. The Morgan fingerprint density at radius 3 is 2.07 bits per heavy atom. The monoisotopic (exact) mass is 229 g/mol. The predicted octanol–water partition coefficient (Wildman–Crippen LogP) is 1.95. The lowest BCUT2D eigenvalue weighted by atomic mass is 10.2. The smallest absolute Gasteiger partial charge is 0.287 e. The molecule has 0 spiro atoms. The molecule has 0 heterocycles.